The molecule has 0 bridgehead atoms. The van der Waals surface area contributed by atoms with Crippen LogP contribution in [-0.2, 0) is 4.79 Å². The Morgan fingerprint density at radius 2 is 1.75 bits per heavy atom. The van der Waals surface area contributed by atoms with Gasteiger partial charge >= 0.3 is 0 Å². The summed E-state index contributed by atoms with van der Waals surface area (Å²) in [5.41, 5.74) is 0. The van der Waals surface area contributed by atoms with Crippen LogP contribution in [-0.4, -0.2) is 37.0 Å². The molecule has 1 atom stereocenters. The van der Waals surface area contributed by atoms with E-state index < -0.39 is 0 Å². The lowest BCUT2D eigenvalue weighted by atomic mass is 9.98. The van der Waals surface area contributed by atoms with Gasteiger partial charge in [-0.2, -0.15) is 0 Å². The Balaban J connectivity index is 0.00000128. The third kappa shape index (κ3) is 3.63. The third-order valence-corrected chi connectivity index (χ3v) is 3.56. The number of amides is 1. The molecular formula is C12H23ClN2O. The summed E-state index contributed by atoms with van der Waals surface area (Å²) in [6.45, 7) is 3.98. The molecule has 0 unspecified atom stereocenters. The fraction of sp³-hybridized carbons (Fsp3) is 0.917. The number of carbonyl (C=O) groups is 1. The fourth-order valence-electron chi connectivity index (χ4n) is 2.61. The summed E-state index contributed by atoms with van der Waals surface area (Å²) in [4.78, 5) is 14.3. The first kappa shape index (κ1) is 13.8. The summed E-state index contributed by atoms with van der Waals surface area (Å²) in [7, 11) is 0. The predicted octanol–water partition coefficient (Wildman–Crippen LogP) is 1.81. The normalized spacial score (nSPS) is 26.8. The quantitative estimate of drug-likeness (QED) is 0.766. The standard InChI is InChI=1S/C12H22N2O.ClH/c15-12(11-6-5-7-13-10-11)14-8-3-1-2-4-9-14;/h11,13H,1-10H2;1H/t11-;/m1./s1. The second-order valence-corrected chi connectivity index (χ2v) is 4.78. The minimum atomic E-state index is 0. The summed E-state index contributed by atoms with van der Waals surface area (Å²) >= 11 is 0. The molecule has 0 radical (unpaired) electrons. The Morgan fingerprint density at radius 1 is 1.06 bits per heavy atom. The molecule has 1 N–H and O–H groups in total. The number of likely N-dealkylation sites (tertiary alicyclic amines) is 1. The maximum Gasteiger partial charge on any atom is 0.226 e. The van der Waals surface area contributed by atoms with E-state index in [0.717, 1.165) is 39.0 Å². The molecule has 0 aromatic heterocycles. The zero-order valence-electron chi connectivity index (χ0n) is 9.91. The first-order valence-corrected chi connectivity index (χ1v) is 6.37. The van der Waals surface area contributed by atoms with Gasteiger partial charge in [-0.05, 0) is 32.2 Å². The molecule has 0 aromatic rings. The molecule has 0 aromatic carbocycles. The smallest absolute Gasteiger partial charge is 0.226 e. The van der Waals surface area contributed by atoms with Crippen molar-refractivity contribution in [2.45, 2.75) is 38.5 Å². The van der Waals surface area contributed by atoms with Crippen molar-refractivity contribution in [1.29, 1.82) is 0 Å². The van der Waals surface area contributed by atoms with E-state index in [9.17, 15) is 4.79 Å². The monoisotopic (exact) mass is 246 g/mol. The van der Waals surface area contributed by atoms with Crippen LogP contribution in [0.4, 0.5) is 0 Å². The van der Waals surface area contributed by atoms with Gasteiger partial charge in [0.15, 0.2) is 0 Å². The largest absolute Gasteiger partial charge is 0.342 e. The minimum Gasteiger partial charge on any atom is -0.342 e. The number of hydrogen-bond donors (Lipinski definition) is 1. The summed E-state index contributed by atoms with van der Waals surface area (Å²) in [6, 6.07) is 0. The van der Waals surface area contributed by atoms with Gasteiger partial charge in [0.05, 0.1) is 5.92 Å². The third-order valence-electron chi connectivity index (χ3n) is 3.56. The van der Waals surface area contributed by atoms with Crippen LogP contribution in [0, 0.1) is 5.92 Å². The maximum absolute atomic E-state index is 12.2. The molecule has 94 valence electrons. The number of rotatable bonds is 1. The van der Waals surface area contributed by atoms with Crippen LogP contribution in [0.3, 0.4) is 0 Å². The fourth-order valence-corrected chi connectivity index (χ4v) is 2.61. The van der Waals surface area contributed by atoms with Crippen molar-refractivity contribution >= 4 is 18.3 Å². The van der Waals surface area contributed by atoms with Gasteiger partial charge in [-0.15, -0.1) is 12.4 Å². The van der Waals surface area contributed by atoms with Crippen molar-refractivity contribution in [2.24, 2.45) is 5.92 Å². The van der Waals surface area contributed by atoms with E-state index in [1.165, 1.54) is 25.7 Å². The number of carbonyl (C=O) groups excluding carboxylic acids is 1. The number of hydrogen-bond acceptors (Lipinski definition) is 2. The Kier molecular flexibility index (Phi) is 6.14. The van der Waals surface area contributed by atoms with Gasteiger partial charge in [0.25, 0.3) is 0 Å². The SMILES string of the molecule is Cl.O=C([C@@H]1CCCNC1)N1CCCCCC1. The molecule has 2 fully saturated rings. The lowest BCUT2D eigenvalue weighted by Gasteiger charge is -2.28. The Hall–Kier alpha value is -0.280. The van der Waals surface area contributed by atoms with Gasteiger partial charge < -0.3 is 10.2 Å². The van der Waals surface area contributed by atoms with Crippen molar-refractivity contribution in [3.63, 3.8) is 0 Å². The second-order valence-electron chi connectivity index (χ2n) is 4.78. The Morgan fingerprint density at radius 3 is 2.31 bits per heavy atom. The highest BCUT2D eigenvalue weighted by Gasteiger charge is 2.25. The van der Waals surface area contributed by atoms with Crippen LogP contribution in [0.2, 0.25) is 0 Å². The van der Waals surface area contributed by atoms with Gasteiger partial charge in [-0.25, -0.2) is 0 Å². The van der Waals surface area contributed by atoms with Crippen LogP contribution < -0.4 is 5.32 Å². The van der Waals surface area contributed by atoms with Crippen LogP contribution in [0.5, 0.6) is 0 Å². The van der Waals surface area contributed by atoms with Gasteiger partial charge in [-0.3, -0.25) is 4.79 Å². The highest BCUT2D eigenvalue weighted by Crippen LogP contribution is 2.17. The van der Waals surface area contributed by atoms with E-state index in [4.69, 9.17) is 0 Å². The lowest BCUT2D eigenvalue weighted by molar-refractivity contribution is -0.136. The summed E-state index contributed by atoms with van der Waals surface area (Å²) in [6.07, 6.45) is 7.24. The number of piperidine rings is 1. The number of nitrogens with zero attached hydrogens (tertiary/aromatic N) is 1. The van der Waals surface area contributed by atoms with Crippen molar-refractivity contribution in [2.75, 3.05) is 26.2 Å². The summed E-state index contributed by atoms with van der Waals surface area (Å²) in [5, 5.41) is 3.32. The van der Waals surface area contributed by atoms with Gasteiger partial charge in [0.2, 0.25) is 5.91 Å². The molecule has 2 saturated heterocycles. The molecule has 4 heteroatoms. The molecule has 3 nitrogen and oxygen atoms in total. The van der Waals surface area contributed by atoms with E-state index in [2.05, 4.69) is 10.2 Å². The van der Waals surface area contributed by atoms with E-state index in [1.54, 1.807) is 0 Å². The van der Waals surface area contributed by atoms with Gasteiger partial charge in [-0.1, -0.05) is 12.8 Å². The topological polar surface area (TPSA) is 32.3 Å². The Labute approximate surface area is 104 Å². The summed E-state index contributed by atoms with van der Waals surface area (Å²) < 4.78 is 0. The van der Waals surface area contributed by atoms with Gasteiger partial charge in [0, 0.05) is 19.6 Å². The van der Waals surface area contributed by atoms with Crippen LogP contribution in [0.25, 0.3) is 0 Å². The van der Waals surface area contributed by atoms with E-state index in [0.29, 0.717) is 5.91 Å². The zero-order valence-corrected chi connectivity index (χ0v) is 10.7. The number of halogens is 1. The predicted molar refractivity (Wildman–Crippen MR) is 67.9 cm³/mol. The Bertz CT molecular complexity index is 209. The molecule has 0 spiro atoms. The average molecular weight is 247 g/mol. The highest BCUT2D eigenvalue weighted by atomic mass is 35.5. The molecule has 2 heterocycles. The minimum absolute atomic E-state index is 0. The van der Waals surface area contributed by atoms with E-state index >= 15 is 0 Å². The molecule has 16 heavy (non-hydrogen) atoms. The summed E-state index contributed by atoms with van der Waals surface area (Å²) in [5.74, 6) is 0.668. The van der Waals surface area contributed by atoms with E-state index in [-0.39, 0.29) is 18.3 Å². The van der Waals surface area contributed by atoms with E-state index in [1.807, 2.05) is 0 Å². The molecule has 2 aliphatic rings. The van der Waals surface area contributed by atoms with Crippen LogP contribution in [0.15, 0.2) is 0 Å². The lowest BCUT2D eigenvalue weighted by Crippen LogP contribution is -2.43. The molecule has 0 aliphatic carbocycles. The molecule has 2 aliphatic heterocycles. The first-order chi connectivity index (χ1) is 7.38. The zero-order chi connectivity index (χ0) is 10.5. The molecule has 1 amide bonds. The van der Waals surface area contributed by atoms with Gasteiger partial charge in [0.1, 0.15) is 0 Å². The number of nitrogens with one attached hydrogen (secondary N) is 1. The van der Waals surface area contributed by atoms with Crippen LogP contribution in [0.1, 0.15) is 38.5 Å². The molecule has 0 saturated carbocycles. The second kappa shape index (κ2) is 7.13. The highest BCUT2D eigenvalue weighted by molar-refractivity contribution is 5.85. The average Bonchev–Trinajstić information content (AvgIpc) is 2.58. The van der Waals surface area contributed by atoms with Crippen molar-refractivity contribution in [3.8, 4) is 0 Å². The van der Waals surface area contributed by atoms with Crippen molar-refractivity contribution < 1.29 is 4.79 Å². The van der Waals surface area contributed by atoms with Crippen molar-refractivity contribution in [1.82, 2.24) is 10.2 Å². The first-order valence-electron chi connectivity index (χ1n) is 6.37. The molecule has 2 rings (SSSR count). The molecular weight excluding hydrogens is 224 g/mol. The van der Waals surface area contributed by atoms with Crippen LogP contribution >= 0.6 is 12.4 Å². The van der Waals surface area contributed by atoms with Crippen molar-refractivity contribution in [3.05, 3.63) is 0 Å². The maximum atomic E-state index is 12.2.